The zero-order chi connectivity index (χ0) is 12.8. The molecule has 2 rings (SSSR count). The average molecular weight is 247 g/mol. The van der Waals surface area contributed by atoms with E-state index in [2.05, 4.69) is 36.5 Å². The summed E-state index contributed by atoms with van der Waals surface area (Å²) in [7, 11) is 2.01. The summed E-state index contributed by atoms with van der Waals surface area (Å²) in [6.45, 7) is 3.93. The third-order valence-electron chi connectivity index (χ3n) is 3.60. The molecule has 0 spiro atoms. The maximum atomic E-state index is 5.78. The maximum absolute atomic E-state index is 5.78. The number of rotatable bonds is 8. The lowest BCUT2D eigenvalue weighted by atomic mass is 10.0. The summed E-state index contributed by atoms with van der Waals surface area (Å²) in [5, 5.41) is 3.34. The van der Waals surface area contributed by atoms with E-state index in [1.807, 2.05) is 7.05 Å². The first kappa shape index (κ1) is 13.6. The predicted molar refractivity (Wildman–Crippen MR) is 75.8 cm³/mol. The van der Waals surface area contributed by atoms with Crippen LogP contribution in [0.5, 0.6) is 0 Å². The molecule has 0 heterocycles. The van der Waals surface area contributed by atoms with Crippen molar-refractivity contribution in [2.75, 3.05) is 20.3 Å². The zero-order valence-electron chi connectivity index (χ0n) is 11.6. The summed E-state index contributed by atoms with van der Waals surface area (Å²) in [4.78, 5) is 0. The van der Waals surface area contributed by atoms with Gasteiger partial charge in [0.15, 0.2) is 0 Å². The van der Waals surface area contributed by atoms with Crippen LogP contribution in [0.15, 0.2) is 24.3 Å². The van der Waals surface area contributed by atoms with Gasteiger partial charge in [-0.15, -0.1) is 0 Å². The highest BCUT2D eigenvalue weighted by atomic mass is 16.5. The van der Waals surface area contributed by atoms with Crippen molar-refractivity contribution in [1.82, 2.24) is 5.32 Å². The molecule has 18 heavy (non-hydrogen) atoms. The van der Waals surface area contributed by atoms with Crippen molar-refractivity contribution in [2.24, 2.45) is 5.92 Å². The SMILES string of the molecule is CCCc1ccc(C(COCC2CC2)NC)cc1. The minimum absolute atomic E-state index is 0.319. The van der Waals surface area contributed by atoms with Gasteiger partial charge in [0.1, 0.15) is 0 Å². The second kappa shape index (κ2) is 6.91. The first-order chi connectivity index (χ1) is 8.83. The van der Waals surface area contributed by atoms with E-state index in [1.54, 1.807) is 0 Å². The largest absolute Gasteiger partial charge is 0.379 e. The molecule has 1 aliphatic rings. The molecule has 1 aromatic rings. The van der Waals surface area contributed by atoms with Crippen molar-refractivity contribution in [3.8, 4) is 0 Å². The molecule has 0 amide bonds. The Hall–Kier alpha value is -0.860. The topological polar surface area (TPSA) is 21.3 Å². The molecule has 0 saturated heterocycles. The minimum atomic E-state index is 0.319. The van der Waals surface area contributed by atoms with Crippen LogP contribution in [0.3, 0.4) is 0 Å². The van der Waals surface area contributed by atoms with Crippen LogP contribution in [0.2, 0.25) is 0 Å². The standard InChI is InChI=1S/C16H25NO/c1-3-4-13-7-9-15(10-8-13)16(17-2)12-18-11-14-5-6-14/h7-10,14,16-17H,3-6,11-12H2,1-2H3. The van der Waals surface area contributed by atoms with Crippen LogP contribution >= 0.6 is 0 Å². The molecule has 1 saturated carbocycles. The van der Waals surface area contributed by atoms with Gasteiger partial charge in [-0.05, 0) is 43.4 Å². The molecule has 100 valence electrons. The highest BCUT2D eigenvalue weighted by molar-refractivity contribution is 5.25. The Morgan fingerprint density at radius 2 is 2.00 bits per heavy atom. The van der Waals surface area contributed by atoms with Gasteiger partial charge in [0.2, 0.25) is 0 Å². The number of hydrogen-bond donors (Lipinski definition) is 1. The number of nitrogens with one attached hydrogen (secondary N) is 1. The fourth-order valence-electron chi connectivity index (χ4n) is 2.19. The van der Waals surface area contributed by atoms with Gasteiger partial charge < -0.3 is 10.1 Å². The molecule has 1 aromatic carbocycles. The first-order valence-corrected chi connectivity index (χ1v) is 7.17. The van der Waals surface area contributed by atoms with Crippen LogP contribution in [-0.2, 0) is 11.2 Å². The molecule has 0 bridgehead atoms. The third kappa shape index (κ3) is 4.11. The minimum Gasteiger partial charge on any atom is -0.379 e. The van der Waals surface area contributed by atoms with E-state index in [1.165, 1.54) is 36.8 Å². The summed E-state index contributed by atoms with van der Waals surface area (Å²) in [6, 6.07) is 9.26. The second-order valence-corrected chi connectivity index (χ2v) is 5.31. The Morgan fingerprint density at radius 1 is 1.28 bits per heavy atom. The molecule has 1 N–H and O–H groups in total. The van der Waals surface area contributed by atoms with Crippen molar-refractivity contribution < 1.29 is 4.74 Å². The van der Waals surface area contributed by atoms with E-state index in [-0.39, 0.29) is 0 Å². The van der Waals surface area contributed by atoms with E-state index in [4.69, 9.17) is 4.74 Å². The van der Waals surface area contributed by atoms with Crippen LogP contribution < -0.4 is 5.32 Å². The fraction of sp³-hybridized carbons (Fsp3) is 0.625. The molecule has 0 radical (unpaired) electrons. The van der Waals surface area contributed by atoms with Crippen molar-refractivity contribution >= 4 is 0 Å². The van der Waals surface area contributed by atoms with E-state index in [9.17, 15) is 0 Å². The van der Waals surface area contributed by atoms with Crippen LogP contribution in [0.1, 0.15) is 43.4 Å². The highest BCUT2D eigenvalue weighted by Gasteiger charge is 2.21. The fourth-order valence-corrected chi connectivity index (χ4v) is 2.19. The molecule has 2 heteroatoms. The van der Waals surface area contributed by atoms with Gasteiger partial charge in [-0.2, -0.15) is 0 Å². The molecule has 0 aliphatic heterocycles. The number of likely N-dealkylation sites (N-methyl/N-ethyl adjacent to an activating group) is 1. The van der Waals surface area contributed by atoms with Crippen LogP contribution in [0, 0.1) is 5.92 Å². The molecule has 1 fully saturated rings. The van der Waals surface area contributed by atoms with Crippen LogP contribution in [-0.4, -0.2) is 20.3 Å². The molecular formula is C16H25NO. The Morgan fingerprint density at radius 3 is 2.56 bits per heavy atom. The van der Waals surface area contributed by atoms with E-state index >= 15 is 0 Å². The monoisotopic (exact) mass is 247 g/mol. The van der Waals surface area contributed by atoms with Crippen molar-refractivity contribution in [3.05, 3.63) is 35.4 Å². The lowest BCUT2D eigenvalue weighted by molar-refractivity contribution is 0.105. The first-order valence-electron chi connectivity index (χ1n) is 7.17. The number of benzene rings is 1. The lowest BCUT2D eigenvalue weighted by Gasteiger charge is -2.17. The molecular weight excluding hydrogens is 222 g/mol. The Labute approximate surface area is 111 Å². The third-order valence-corrected chi connectivity index (χ3v) is 3.60. The Bertz CT molecular complexity index is 343. The number of aryl methyl sites for hydroxylation is 1. The van der Waals surface area contributed by atoms with Crippen molar-refractivity contribution in [1.29, 1.82) is 0 Å². The number of hydrogen-bond acceptors (Lipinski definition) is 2. The summed E-state index contributed by atoms with van der Waals surface area (Å²) >= 11 is 0. The summed E-state index contributed by atoms with van der Waals surface area (Å²) in [5.74, 6) is 0.842. The zero-order valence-corrected chi connectivity index (χ0v) is 11.6. The molecule has 2 nitrogen and oxygen atoms in total. The van der Waals surface area contributed by atoms with Crippen molar-refractivity contribution in [3.63, 3.8) is 0 Å². The van der Waals surface area contributed by atoms with E-state index in [0.29, 0.717) is 6.04 Å². The average Bonchev–Trinajstić information content (AvgIpc) is 3.20. The predicted octanol–water partition coefficient (Wildman–Crippen LogP) is 3.33. The normalized spacial score (nSPS) is 16.8. The van der Waals surface area contributed by atoms with Gasteiger partial charge in [0.05, 0.1) is 12.6 Å². The smallest absolute Gasteiger partial charge is 0.0661 e. The van der Waals surface area contributed by atoms with Crippen LogP contribution in [0.4, 0.5) is 0 Å². The number of ether oxygens (including phenoxy) is 1. The second-order valence-electron chi connectivity index (χ2n) is 5.31. The molecule has 1 atom stereocenters. The highest BCUT2D eigenvalue weighted by Crippen LogP contribution is 2.29. The van der Waals surface area contributed by atoms with E-state index in [0.717, 1.165) is 19.1 Å². The van der Waals surface area contributed by atoms with Gasteiger partial charge in [-0.3, -0.25) is 0 Å². The lowest BCUT2D eigenvalue weighted by Crippen LogP contribution is -2.22. The maximum Gasteiger partial charge on any atom is 0.0661 e. The molecule has 1 aliphatic carbocycles. The van der Waals surface area contributed by atoms with Gasteiger partial charge in [-0.25, -0.2) is 0 Å². The van der Waals surface area contributed by atoms with Gasteiger partial charge in [-0.1, -0.05) is 37.6 Å². The van der Waals surface area contributed by atoms with Gasteiger partial charge in [0, 0.05) is 6.61 Å². The molecule has 0 aromatic heterocycles. The van der Waals surface area contributed by atoms with Gasteiger partial charge >= 0.3 is 0 Å². The van der Waals surface area contributed by atoms with E-state index < -0.39 is 0 Å². The Kier molecular flexibility index (Phi) is 5.21. The van der Waals surface area contributed by atoms with Crippen LogP contribution in [0.25, 0.3) is 0 Å². The van der Waals surface area contributed by atoms with Crippen molar-refractivity contribution in [2.45, 2.75) is 38.6 Å². The summed E-state index contributed by atoms with van der Waals surface area (Å²) in [5.41, 5.74) is 2.75. The van der Waals surface area contributed by atoms with Gasteiger partial charge in [0.25, 0.3) is 0 Å². The summed E-state index contributed by atoms with van der Waals surface area (Å²) in [6.07, 6.45) is 5.09. The Balaban J connectivity index is 1.84. The molecule has 1 unspecified atom stereocenters. The quantitative estimate of drug-likeness (QED) is 0.761. The summed E-state index contributed by atoms with van der Waals surface area (Å²) < 4.78 is 5.78.